The standard InChI is InChI=1S/C38H24N4S/c1-4-13-25(14-5-1)31-24-32(26-15-6-2-7-16-26)40-37(39-31)28-19-12-20-29(23-28)38-41-34(27-17-8-3-9-18-27)36-35(42-38)30-21-10-11-22-33(30)43-36/h1-24H. The van der Waals surface area contributed by atoms with Crippen molar-refractivity contribution >= 4 is 31.6 Å². The van der Waals surface area contributed by atoms with Crippen molar-refractivity contribution in [1.82, 2.24) is 19.9 Å². The summed E-state index contributed by atoms with van der Waals surface area (Å²) in [6.45, 7) is 0. The zero-order valence-electron chi connectivity index (χ0n) is 23.1. The maximum Gasteiger partial charge on any atom is 0.160 e. The summed E-state index contributed by atoms with van der Waals surface area (Å²) < 4.78 is 2.30. The molecule has 3 aromatic heterocycles. The number of hydrogen-bond donors (Lipinski definition) is 0. The van der Waals surface area contributed by atoms with Crippen LogP contribution in [0.2, 0.25) is 0 Å². The summed E-state index contributed by atoms with van der Waals surface area (Å²) in [5, 5.41) is 1.14. The highest BCUT2D eigenvalue weighted by Gasteiger charge is 2.17. The molecule has 5 heteroatoms. The minimum atomic E-state index is 0.660. The van der Waals surface area contributed by atoms with E-state index >= 15 is 0 Å². The van der Waals surface area contributed by atoms with Crippen molar-refractivity contribution < 1.29 is 0 Å². The Balaban J connectivity index is 1.31. The van der Waals surface area contributed by atoms with Gasteiger partial charge in [-0.2, -0.15) is 0 Å². The van der Waals surface area contributed by atoms with Crippen molar-refractivity contribution in [3.63, 3.8) is 0 Å². The SMILES string of the molecule is c1ccc(-c2cc(-c3ccccc3)nc(-c3cccc(-c4nc(-c5ccccc5)c5sc6ccccc6c5n4)c3)n2)cc1. The fraction of sp³-hybridized carbons (Fsp3) is 0. The third-order valence-corrected chi connectivity index (χ3v) is 8.68. The molecule has 43 heavy (non-hydrogen) atoms. The molecule has 5 aromatic carbocycles. The lowest BCUT2D eigenvalue weighted by molar-refractivity contribution is 1.18. The normalized spacial score (nSPS) is 11.3. The summed E-state index contributed by atoms with van der Waals surface area (Å²) in [6, 6.07) is 49.6. The topological polar surface area (TPSA) is 51.6 Å². The zero-order chi connectivity index (χ0) is 28.6. The third kappa shape index (κ3) is 4.76. The van der Waals surface area contributed by atoms with Gasteiger partial charge in [-0.05, 0) is 18.2 Å². The Morgan fingerprint density at radius 1 is 0.395 bits per heavy atom. The molecule has 0 aliphatic carbocycles. The summed E-state index contributed by atoms with van der Waals surface area (Å²) >= 11 is 1.74. The quantitative estimate of drug-likeness (QED) is 0.207. The van der Waals surface area contributed by atoms with E-state index in [4.69, 9.17) is 19.9 Å². The van der Waals surface area contributed by atoms with Gasteiger partial charge in [0.15, 0.2) is 11.6 Å². The van der Waals surface area contributed by atoms with Crippen molar-refractivity contribution in [1.29, 1.82) is 0 Å². The predicted octanol–water partition coefficient (Wildman–Crippen LogP) is 9.97. The van der Waals surface area contributed by atoms with Gasteiger partial charge in [0.25, 0.3) is 0 Å². The number of benzene rings is 5. The lowest BCUT2D eigenvalue weighted by atomic mass is 10.1. The van der Waals surface area contributed by atoms with Crippen LogP contribution in [0.15, 0.2) is 146 Å². The van der Waals surface area contributed by atoms with E-state index in [1.165, 1.54) is 4.70 Å². The van der Waals surface area contributed by atoms with Crippen LogP contribution in [0.3, 0.4) is 0 Å². The van der Waals surface area contributed by atoms with E-state index < -0.39 is 0 Å². The van der Waals surface area contributed by atoms with E-state index in [1.807, 2.05) is 48.5 Å². The van der Waals surface area contributed by atoms with Gasteiger partial charge in [-0.1, -0.05) is 127 Å². The Bertz CT molecular complexity index is 2170. The van der Waals surface area contributed by atoms with Crippen molar-refractivity contribution in [3.8, 4) is 56.5 Å². The van der Waals surface area contributed by atoms with Crippen LogP contribution in [0.4, 0.5) is 0 Å². The van der Waals surface area contributed by atoms with Gasteiger partial charge in [0.2, 0.25) is 0 Å². The Hall–Kier alpha value is -5.52. The molecule has 0 aliphatic heterocycles. The Labute approximate surface area is 253 Å². The fourth-order valence-corrected chi connectivity index (χ4v) is 6.55. The van der Waals surface area contributed by atoms with Gasteiger partial charge in [-0.15, -0.1) is 11.3 Å². The highest BCUT2D eigenvalue weighted by Crippen LogP contribution is 2.39. The molecule has 0 saturated heterocycles. The lowest BCUT2D eigenvalue weighted by Gasteiger charge is -2.11. The van der Waals surface area contributed by atoms with Crippen molar-refractivity contribution in [3.05, 3.63) is 146 Å². The largest absolute Gasteiger partial charge is 0.228 e. The molecule has 8 aromatic rings. The molecule has 8 rings (SSSR count). The molecule has 0 spiro atoms. The van der Waals surface area contributed by atoms with E-state index in [2.05, 4.69) is 97.1 Å². The van der Waals surface area contributed by atoms with Crippen LogP contribution in [0, 0.1) is 0 Å². The molecular formula is C38H24N4S. The second-order valence-corrected chi connectivity index (χ2v) is 11.4. The number of thiophene rings is 1. The molecule has 0 radical (unpaired) electrons. The highest BCUT2D eigenvalue weighted by atomic mass is 32.1. The smallest absolute Gasteiger partial charge is 0.160 e. The van der Waals surface area contributed by atoms with E-state index in [9.17, 15) is 0 Å². The van der Waals surface area contributed by atoms with E-state index in [1.54, 1.807) is 11.3 Å². The first-order valence-electron chi connectivity index (χ1n) is 14.2. The van der Waals surface area contributed by atoms with Crippen molar-refractivity contribution in [2.75, 3.05) is 0 Å². The maximum absolute atomic E-state index is 5.16. The minimum Gasteiger partial charge on any atom is -0.228 e. The molecule has 4 nitrogen and oxygen atoms in total. The number of fused-ring (bicyclic) bond motifs is 3. The number of nitrogens with zero attached hydrogens (tertiary/aromatic N) is 4. The molecule has 3 heterocycles. The first kappa shape index (κ1) is 25.2. The molecule has 0 N–H and O–H groups in total. The molecule has 0 amide bonds. The van der Waals surface area contributed by atoms with Crippen LogP contribution in [0.5, 0.6) is 0 Å². The van der Waals surface area contributed by atoms with Gasteiger partial charge in [0.05, 0.1) is 27.3 Å². The average Bonchev–Trinajstić information content (AvgIpc) is 3.48. The number of hydrogen-bond acceptors (Lipinski definition) is 5. The van der Waals surface area contributed by atoms with Crippen LogP contribution in [-0.4, -0.2) is 19.9 Å². The second-order valence-electron chi connectivity index (χ2n) is 10.3. The van der Waals surface area contributed by atoms with Crippen LogP contribution >= 0.6 is 11.3 Å². The van der Waals surface area contributed by atoms with Gasteiger partial charge >= 0.3 is 0 Å². The van der Waals surface area contributed by atoms with Gasteiger partial charge in [0, 0.05) is 37.9 Å². The van der Waals surface area contributed by atoms with Crippen LogP contribution < -0.4 is 0 Å². The molecule has 202 valence electrons. The van der Waals surface area contributed by atoms with Gasteiger partial charge < -0.3 is 0 Å². The van der Waals surface area contributed by atoms with Crippen molar-refractivity contribution in [2.24, 2.45) is 0 Å². The van der Waals surface area contributed by atoms with E-state index in [-0.39, 0.29) is 0 Å². The Morgan fingerprint density at radius 3 is 1.53 bits per heavy atom. The number of rotatable bonds is 5. The van der Waals surface area contributed by atoms with Crippen molar-refractivity contribution in [2.45, 2.75) is 0 Å². The predicted molar refractivity (Wildman–Crippen MR) is 178 cm³/mol. The highest BCUT2D eigenvalue weighted by molar-refractivity contribution is 7.26. The second kappa shape index (κ2) is 10.7. The Kier molecular flexibility index (Phi) is 6.28. The maximum atomic E-state index is 5.16. The molecular weight excluding hydrogens is 545 g/mol. The van der Waals surface area contributed by atoms with Crippen LogP contribution in [-0.2, 0) is 0 Å². The molecule has 0 fully saturated rings. The molecule has 0 unspecified atom stereocenters. The first-order valence-corrected chi connectivity index (χ1v) is 15.0. The summed E-state index contributed by atoms with van der Waals surface area (Å²) in [7, 11) is 0. The van der Waals surface area contributed by atoms with Crippen LogP contribution in [0.25, 0.3) is 76.9 Å². The average molecular weight is 569 g/mol. The third-order valence-electron chi connectivity index (χ3n) is 7.51. The minimum absolute atomic E-state index is 0.660. The van der Waals surface area contributed by atoms with Gasteiger partial charge in [0.1, 0.15) is 0 Å². The Morgan fingerprint density at radius 2 is 0.907 bits per heavy atom. The van der Waals surface area contributed by atoms with E-state index in [0.717, 1.165) is 60.5 Å². The van der Waals surface area contributed by atoms with Gasteiger partial charge in [-0.25, -0.2) is 19.9 Å². The lowest BCUT2D eigenvalue weighted by Crippen LogP contribution is -1.97. The molecule has 0 bridgehead atoms. The van der Waals surface area contributed by atoms with Gasteiger partial charge in [-0.3, -0.25) is 0 Å². The summed E-state index contributed by atoms with van der Waals surface area (Å²) in [5.74, 6) is 1.34. The molecule has 0 aliphatic rings. The summed E-state index contributed by atoms with van der Waals surface area (Å²) in [5.41, 5.74) is 8.67. The zero-order valence-corrected chi connectivity index (χ0v) is 23.9. The number of aromatic nitrogens is 4. The van der Waals surface area contributed by atoms with Crippen LogP contribution in [0.1, 0.15) is 0 Å². The first-order chi connectivity index (χ1) is 21.3. The fourth-order valence-electron chi connectivity index (χ4n) is 5.40. The molecule has 0 atom stereocenters. The van der Waals surface area contributed by atoms with E-state index in [0.29, 0.717) is 11.6 Å². The summed E-state index contributed by atoms with van der Waals surface area (Å²) in [4.78, 5) is 20.4. The summed E-state index contributed by atoms with van der Waals surface area (Å²) in [6.07, 6.45) is 0. The monoisotopic (exact) mass is 568 g/mol. The molecule has 0 saturated carbocycles.